The predicted molar refractivity (Wildman–Crippen MR) is 77.3 cm³/mol. The third-order valence-electron chi connectivity index (χ3n) is 2.81. The van der Waals surface area contributed by atoms with E-state index in [1.807, 2.05) is 0 Å². The van der Waals surface area contributed by atoms with Crippen LogP contribution in [-0.2, 0) is 10.0 Å². The summed E-state index contributed by atoms with van der Waals surface area (Å²) >= 11 is 0. The number of nitrogens with two attached hydrogens (primary N) is 1. The van der Waals surface area contributed by atoms with Crippen molar-refractivity contribution in [2.24, 2.45) is 0 Å². The Bertz CT molecular complexity index is 805. The quantitative estimate of drug-likeness (QED) is 0.653. The first-order valence-corrected chi connectivity index (χ1v) is 7.28. The van der Waals surface area contributed by atoms with Gasteiger partial charge in [-0.05, 0) is 19.1 Å². The molecule has 0 bridgehead atoms. The number of benzene rings is 1. The van der Waals surface area contributed by atoms with Crippen molar-refractivity contribution in [2.75, 3.05) is 10.5 Å². The number of sulfonamides is 1. The average Bonchev–Trinajstić information content (AvgIpc) is 2.40. The summed E-state index contributed by atoms with van der Waals surface area (Å²) in [5, 5.41) is 10.9. The number of nitrogen functional groups attached to an aromatic ring is 1. The molecule has 110 valence electrons. The van der Waals surface area contributed by atoms with E-state index >= 15 is 0 Å². The van der Waals surface area contributed by atoms with Gasteiger partial charge in [-0.3, -0.25) is 14.8 Å². The lowest BCUT2D eigenvalue weighted by Crippen LogP contribution is -2.14. The Morgan fingerprint density at radius 1 is 1.33 bits per heavy atom. The molecule has 0 radical (unpaired) electrons. The molecular formula is C12H12N4O4S. The Morgan fingerprint density at radius 2 is 2.05 bits per heavy atom. The highest BCUT2D eigenvalue weighted by Gasteiger charge is 2.19. The Kier molecular flexibility index (Phi) is 3.76. The number of nitro groups is 1. The molecule has 0 saturated carbocycles. The van der Waals surface area contributed by atoms with Crippen molar-refractivity contribution in [2.45, 2.75) is 11.8 Å². The monoisotopic (exact) mass is 308 g/mol. The molecule has 9 heteroatoms. The average molecular weight is 308 g/mol. The number of nitro benzene ring substituents is 1. The molecule has 1 heterocycles. The van der Waals surface area contributed by atoms with Crippen LogP contribution in [0.2, 0.25) is 0 Å². The maximum Gasteiger partial charge on any atom is 0.274 e. The van der Waals surface area contributed by atoms with Gasteiger partial charge in [0.25, 0.3) is 15.7 Å². The lowest BCUT2D eigenvalue weighted by molar-refractivity contribution is -0.385. The largest absolute Gasteiger partial charge is 0.384 e. The molecule has 2 rings (SSSR count). The van der Waals surface area contributed by atoms with E-state index in [-0.39, 0.29) is 27.7 Å². The Morgan fingerprint density at radius 3 is 2.67 bits per heavy atom. The van der Waals surface area contributed by atoms with Crippen LogP contribution in [0.3, 0.4) is 0 Å². The number of hydrogen-bond donors (Lipinski definition) is 2. The standard InChI is InChI=1S/C12H12N4O4S/c1-8-10(3-2-4-11(8)16(17)18)15-21(19,20)9-5-6-14-12(13)7-9/h2-7,15H,1H3,(H2,13,14). The third kappa shape index (κ3) is 3.08. The fourth-order valence-corrected chi connectivity index (χ4v) is 2.87. The van der Waals surface area contributed by atoms with E-state index in [2.05, 4.69) is 9.71 Å². The van der Waals surface area contributed by atoms with Crippen LogP contribution in [0.15, 0.2) is 41.4 Å². The molecule has 0 aliphatic rings. The fraction of sp³-hybridized carbons (Fsp3) is 0.0833. The van der Waals surface area contributed by atoms with E-state index in [1.54, 1.807) is 0 Å². The summed E-state index contributed by atoms with van der Waals surface area (Å²) in [6.07, 6.45) is 1.27. The van der Waals surface area contributed by atoms with Crippen molar-refractivity contribution >= 4 is 27.2 Å². The molecule has 1 aromatic carbocycles. The Balaban J connectivity index is 2.42. The number of anilines is 2. The molecule has 2 aromatic rings. The first kappa shape index (κ1) is 14.7. The lowest BCUT2D eigenvalue weighted by Gasteiger charge is -2.10. The molecule has 0 atom stereocenters. The summed E-state index contributed by atoms with van der Waals surface area (Å²) in [5.74, 6) is 0.0636. The van der Waals surface area contributed by atoms with E-state index < -0.39 is 14.9 Å². The van der Waals surface area contributed by atoms with Crippen molar-refractivity contribution in [1.29, 1.82) is 0 Å². The van der Waals surface area contributed by atoms with Crippen LogP contribution < -0.4 is 10.5 Å². The van der Waals surface area contributed by atoms with Crippen LogP contribution in [0.25, 0.3) is 0 Å². The van der Waals surface area contributed by atoms with Gasteiger partial charge in [0.15, 0.2) is 0 Å². The second-order valence-corrected chi connectivity index (χ2v) is 5.91. The van der Waals surface area contributed by atoms with Crippen molar-refractivity contribution in [3.63, 3.8) is 0 Å². The van der Waals surface area contributed by atoms with Crippen molar-refractivity contribution in [3.8, 4) is 0 Å². The van der Waals surface area contributed by atoms with Gasteiger partial charge in [0, 0.05) is 18.3 Å². The predicted octanol–water partition coefficient (Wildman–Crippen LogP) is 1.68. The molecule has 0 spiro atoms. The van der Waals surface area contributed by atoms with Gasteiger partial charge >= 0.3 is 0 Å². The van der Waals surface area contributed by atoms with Gasteiger partial charge in [-0.15, -0.1) is 0 Å². The topological polar surface area (TPSA) is 128 Å². The van der Waals surface area contributed by atoms with E-state index in [9.17, 15) is 18.5 Å². The van der Waals surface area contributed by atoms with Gasteiger partial charge in [0.2, 0.25) is 0 Å². The Labute approximate surface area is 120 Å². The minimum Gasteiger partial charge on any atom is -0.384 e. The summed E-state index contributed by atoms with van der Waals surface area (Å²) in [7, 11) is -3.89. The van der Waals surface area contributed by atoms with Crippen LogP contribution in [-0.4, -0.2) is 18.3 Å². The molecule has 21 heavy (non-hydrogen) atoms. The number of rotatable bonds is 4. The summed E-state index contributed by atoms with van der Waals surface area (Å²) in [4.78, 5) is 13.9. The first-order valence-electron chi connectivity index (χ1n) is 5.79. The normalized spacial score (nSPS) is 11.1. The summed E-state index contributed by atoms with van der Waals surface area (Å²) in [5.41, 5.74) is 5.66. The smallest absolute Gasteiger partial charge is 0.274 e. The van der Waals surface area contributed by atoms with Gasteiger partial charge in [-0.1, -0.05) is 6.07 Å². The molecular weight excluding hydrogens is 296 g/mol. The highest BCUT2D eigenvalue weighted by molar-refractivity contribution is 7.92. The lowest BCUT2D eigenvalue weighted by atomic mass is 10.2. The van der Waals surface area contributed by atoms with Crippen molar-refractivity contribution in [1.82, 2.24) is 4.98 Å². The van der Waals surface area contributed by atoms with Gasteiger partial charge < -0.3 is 5.73 Å². The van der Waals surface area contributed by atoms with Gasteiger partial charge in [-0.2, -0.15) is 0 Å². The molecule has 0 amide bonds. The van der Waals surface area contributed by atoms with E-state index in [0.717, 1.165) is 0 Å². The second-order valence-electron chi connectivity index (χ2n) is 4.23. The van der Waals surface area contributed by atoms with Gasteiger partial charge in [0.1, 0.15) is 5.82 Å². The molecule has 0 aliphatic carbocycles. The minimum atomic E-state index is -3.89. The summed E-state index contributed by atoms with van der Waals surface area (Å²) < 4.78 is 26.8. The Hall–Kier alpha value is -2.68. The number of nitrogens with zero attached hydrogens (tertiary/aromatic N) is 2. The minimum absolute atomic E-state index is 0.0636. The van der Waals surface area contributed by atoms with Crippen LogP contribution in [0, 0.1) is 17.0 Å². The van der Waals surface area contributed by atoms with Gasteiger partial charge in [-0.25, -0.2) is 13.4 Å². The van der Waals surface area contributed by atoms with E-state index in [1.165, 1.54) is 43.5 Å². The zero-order valence-corrected chi connectivity index (χ0v) is 11.8. The highest BCUT2D eigenvalue weighted by Crippen LogP contribution is 2.27. The van der Waals surface area contributed by atoms with Crippen LogP contribution in [0.4, 0.5) is 17.2 Å². The number of aromatic nitrogens is 1. The SMILES string of the molecule is Cc1c(NS(=O)(=O)c2ccnc(N)c2)cccc1[N+](=O)[O-]. The number of pyridine rings is 1. The van der Waals surface area contributed by atoms with Gasteiger partial charge in [0.05, 0.1) is 21.1 Å². The maximum atomic E-state index is 12.2. The van der Waals surface area contributed by atoms with Crippen molar-refractivity contribution < 1.29 is 13.3 Å². The molecule has 1 aromatic heterocycles. The fourth-order valence-electron chi connectivity index (χ4n) is 1.73. The third-order valence-corrected chi connectivity index (χ3v) is 4.17. The summed E-state index contributed by atoms with van der Waals surface area (Å²) in [6.45, 7) is 1.47. The molecule has 3 N–H and O–H groups in total. The van der Waals surface area contributed by atoms with Crippen LogP contribution in [0.1, 0.15) is 5.56 Å². The molecule has 0 saturated heterocycles. The maximum absolute atomic E-state index is 12.2. The van der Waals surface area contributed by atoms with E-state index in [4.69, 9.17) is 5.73 Å². The van der Waals surface area contributed by atoms with Crippen LogP contribution in [0.5, 0.6) is 0 Å². The highest BCUT2D eigenvalue weighted by atomic mass is 32.2. The molecule has 0 aliphatic heterocycles. The number of nitrogens with one attached hydrogen (secondary N) is 1. The molecule has 8 nitrogen and oxygen atoms in total. The molecule has 0 unspecified atom stereocenters. The van der Waals surface area contributed by atoms with E-state index in [0.29, 0.717) is 0 Å². The second kappa shape index (κ2) is 5.37. The zero-order chi connectivity index (χ0) is 15.6. The zero-order valence-electron chi connectivity index (χ0n) is 11.0. The first-order chi connectivity index (χ1) is 9.81. The van der Waals surface area contributed by atoms with Crippen molar-refractivity contribution in [3.05, 3.63) is 52.2 Å². The molecule has 0 fully saturated rings. The summed E-state index contributed by atoms with van der Waals surface area (Å²) in [6, 6.07) is 6.65. The number of hydrogen-bond acceptors (Lipinski definition) is 6. The van der Waals surface area contributed by atoms with Crippen LogP contribution >= 0.6 is 0 Å².